The van der Waals surface area contributed by atoms with Crippen LogP contribution in [0.2, 0.25) is 0 Å². The molecule has 2 aromatic rings. The Labute approximate surface area is 173 Å². The molecule has 0 radical (unpaired) electrons. The molecule has 2 aromatic heterocycles. The molecule has 10 heteroatoms. The van der Waals surface area contributed by atoms with E-state index >= 15 is 0 Å². The first-order chi connectivity index (χ1) is 14.4. The molecule has 0 bridgehead atoms. The summed E-state index contributed by atoms with van der Waals surface area (Å²) in [6.45, 7) is 2.86. The summed E-state index contributed by atoms with van der Waals surface area (Å²) in [6.07, 6.45) is 7.93. The monoisotopic (exact) mass is 412 g/mol. The smallest absolute Gasteiger partial charge is 0.450 e. The summed E-state index contributed by atoms with van der Waals surface area (Å²) in [4.78, 5) is 19.0. The molecule has 0 unspecified atom stereocenters. The Kier molecular flexibility index (Phi) is 5.20. The Hall–Kier alpha value is -3.35. The SMILES string of the molecule is CCn1ncc2c(NC3CCC3)c(C3=NOC4(C3)CC(C#N)C4)cnc21.O=C(O)O. The summed E-state index contributed by atoms with van der Waals surface area (Å²) in [7, 11) is 0. The zero-order valence-electron chi connectivity index (χ0n) is 16.7. The van der Waals surface area contributed by atoms with Gasteiger partial charge in [-0.1, -0.05) is 5.16 Å². The lowest BCUT2D eigenvalue weighted by Crippen LogP contribution is -2.43. The van der Waals surface area contributed by atoms with E-state index in [1.807, 2.05) is 17.1 Å². The van der Waals surface area contributed by atoms with Crippen molar-refractivity contribution in [3.8, 4) is 6.07 Å². The maximum absolute atomic E-state index is 9.06. The number of pyridine rings is 1. The summed E-state index contributed by atoms with van der Waals surface area (Å²) >= 11 is 0. The number of anilines is 1. The molecule has 158 valence electrons. The van der Waals surface area contributed by atoms with Gasteiger partial charge >= 0.3 is 6.16 Å². The number of carbonyl (C=O) groups is 1. The second-order valence-corrected chi connectivity index (χ2v) is 8.02. The van der Waals surface area contributed by atoms with Gasteiger partial charge in [0.15, 0.2) is 5.65 Å². The van der Waals surface area contributed by atoms with E-state index in [1.165, 1.54) is 19.3 Å². The molecule has 0 aromatic carbocycles. The summed E-state index contributed by atoms with van der Waals surface area (Å²) in [5, 5.41) is 36.6. The van der Waals surface area contributed by atoms with Crippen LogP contribution in [-0.4, -0.2) is 48.5 Å². The average Bonchev–Trinajstić information content (AvgIpc) is 3.27. The van der Waals surface area contributed by atoms with Crippen LogP contribution < -0.4 is 5.32 Å². The molecular weight excluding hydrogens is 388 g/mol. The Morgan fingerprint density at radius 1 is 1.40 bits per heavy atom. The van der Waals surface area contributed by atoms with Gasteiger partial charge in [0.25, 0.3) is 0 Å². The van der Waals surface area contributed by atoms with Gasteiger partial charge in [-0.05, 0) is 26.2 Å². The minimum absolute atomic E-state index is 0.0977. The zero-order valence-corrected chi connectivity index (χ0v) is 16.7. The van der Waals surface area contributed by atoms with E-state index < -0.39 is 6.16 Å². The molecule has 0 atom stereocenters. The highest BCUT2D eigenvalue weighted by atomic mass is 16.7. The molecule has 3 aliphatic rings. The number of aromatic nitrogens is 3. The van der Waals surface area contributed by atoms with Gasteiger partial charge in [-0.2, -0.15) is 10.4 Å². The van der Waals surface area contributed by atoms with E-state index in [-0.39, 0.29) is 11.5 Å². The van der Waals surface area contributed by atoms with Crippen molar-refractivity contribution < 1.29 is 19.8 Å². The lowest BCUT2D eigenvalue weighted by Gasteiger charge is -2.38. The van der Waals surface area contributed by atoms with Crippen LogP contribution in [0, 0.1) is 17.2 Å². The number of nitrogens with zero attached hydrogens (tertiary/aromatic N) is 5. The number of carboxylic acid groups (broad SMARTS) is 2. The molecule has 1 aliphatic heterocycles. The number of hydrogen-bond acceptors (Lipinski definition) is 7. The first-order valence-electron chi connectivity index (χ1n) is 10.1. The maximum atomic E-state index is 9.06. The fraction of sp³-hybridized carbons (Fsp3) is 0.550. The third-order valence-corrected chi connectivity index (χ3v) is 5.99. The van der Waals surface area contributed by atoms with Crippen molar-refractivity contribution in [2.75, 3.05) is 5.32 Å². The predicted octanol–water partition coefficient (Wildman–Crippen LogP) is 3.43. The number of oxime groups is 1. The zero-order chi connectivity index (χ0) is 21.3. The highest BCUT2D eigenvalue weighted by molar-refractivity contribution is 6.10. The number of rotatable bonds is 4. The van der Waals surface area contributed by atoms with E-state index in [0.717, 1.165) is 53.8 Å². The summed E-state index contributed by atoms with van der Waals surface area (Å²) in [5.41, 5.74) is 3.65. The molecule has 2 saturated carbocycles. The molecule has 1 spiro atoms. The molecule has 3 N–H and O–H groups in total. The standard InChI is InChI=1S/C19H22N6O.CH2O3/c1-2-25-18-15(11-22-25)17(23-13-4-3-5-13)14(10-21-18)16-8-19(26-24-16)6-12(7-19)9-20;2-1(3)4/h10-13H,2-8H2,1H3,(H,21,23);(H2,2,3,4). The summed E-state index contributed by atoms with van der Waals surface area (Å²) in [5.74, 6) is 0.0977. The topological polar surface area (TPSA) is 146 Å². The Morgan fingerprint density at radius 3 is 2.73 bits per heavy atom. The maximum Gasteiger partial charge on any atom is 0.503 e. The van der Waals surface area contributed by atoms with E-state index in [9.17, 15) is 0 Å². The van der Waals surface area contributed by atoms with Gasteiger partial charge in [-0.3, -0.25) is 0 Å². The quantitative estimate of drug-likeness (QED) is 0.692. The molecule has 5 rings (SSSR count). The molecule has 2 fully saturated rings. The van der Waals surface area contributed by atoms with Crippen LogP contribution in [0.25, 0.3) is 11.0 Å². The third kappa shape index (κ3) is 3.63. The lowest BCUT2D eigenvalue weighted by molar-refractivity contribution is -0.0941. The highest BCUT2D eigenvalue weighted by Crippen LogP contribution is 2.47. The fourth-order valence-corrected chi connectivity index (χ4v) is 4.20. The number of nitrogens with one attached hydrogen (secondary N) is 1. The van der Waals surface area contributed by atoms with E-state index in [4.69, 9.17) is 25.1 Å². The largest absolute Gasteiger partial charge is 0.503 e. The Balaban J connectivity index is 0.000000503. The highest BCUT2D eigenvalue weighted by Gasteiger charge is 2.51. The summed E-state index contributed by atoms with van der Waals surface area (Å²) < 4.78 is 1.92. The number of aryl methyl sites for hydroxylation is 1. The van der Waals surface area contributed by atoms with Crippen molar-refractivity contribution in [2.24, 2.45) is 11.1 Å². The van der Waals surface area contributed by atoms with Crippen LogP contribution in [0.1, 0.15) is 51.0 Å². The fourth-order valence-electron chi connectivity index (χ4n) is 4.20. The first kappa shape index (κ1) is 19.9. The lowest BCUT2D eigenvalue weighted by atomic mass is 9.69. The predicted molar refractivity (Wildman–Crippen MR) is 108 cm³/mol. The normalized spacial score (nSPS) is 24.7. The second-order valence-electron chi connectivity index (χ2n) is 8.02. The second kappa shape index (κ2) is 7.82. The van der Waals surface area contributed by atoms with E-state index in [2.05, 4.69) is 33.5 Å². The minimum atomic E-state index is -1.83. The number of hydrogen-bond donors (Lipinski definition) is 3. The van der Waals surface area contributed by atoms with Crippen LogP contribution >= 0.6 is 0 Å². The van der Waals surface area contributed by atoms with Crippen LogP contribution in [0.3, 0.4) is 0 Å². The van der Waals surface area contributed by atoms with Crippen molar-refractivity contribution in [3.05, 3.63) is 18.0 Å². The van der Waals surface area contributed by atoms with E-state index in [1.54, 1.807) is 0 Å². The van der Waals surface area contributed by atoms with Crippen molar-refractivity contribution in [2.45, 2.75) is 63.6 Å². The van der Waals surface area contributed by atoms with Crippen LogP contribution in [-0.2, 0) is 11.4 Å². The van der Waals surface area contributed by atoms with Gasteiger partial charge in [-0.25, -0.2) is 14.5 Å². The van der Waals surface area contributed by atoms with Gasteiger partial charge in [0.05, 0.1) is 35.0 Å². The van der Waals surface area contributed by atoms with Crippen LogP contribution in [0.15, 0.2) is 17.5 Å². The molecule has 0 saturated heterocycles. The van der Waals surface area contributed by atoms with E-state index in [0.29, 0.717) is 6.04 Å². The Bertz CT molecular complexity index is 1030. The van der Waals surface area contributed by atoms with Crippen molar-refractivity contribution in [1.29, 1.82) is 5.26 Å². The Morgan fingerprint density at radius 2 is 2.13 bits per heavy atom. The first-order valence-corrected chi connectivity index (χ1v) is 10.1. The molecule has 2 aliphatic carbocycles. The van der Waals surface area contributed by atoms with Gasteiger partial charge < -0.3 is 20.4 Å². The van der Waals surface area contributed by atoms with Crippen molar-refractivity contribution >= 4 is 28.6 Å². The van der Waals surface area contributed by atoms with Crippen molar-refractivity contribution in [3.63, 3.8) is 0 Å². The number of fused-ring (bicyclic) bond motifs is 1. The van der Waals surface area contributed by atoms with Crippen molar-refractivity contribution in [1.82, 2.24) is 14.8 Å². The molecule has 30 heavy (non-hydrogen) atoms. The summed E-state index contributed by atoms with van der Waals surface area (Å²) in [6, 6.07) is 2.83. The van der Waals surface area contributed by atoms with Gasteiger partial charge in [0.2, 0.25) is 0 Å². The van der Waals surface area contributed by atoms with Crippen LogP contribution in [0.4, 0.5) is 10.5 Å². The molecule has 0 amide bonds. The minimum Gasteiger partial charge on any atom is -0.450 e. The van der Waals surface area contributed by atoms with Crippen LogP contribution in [0.5, 0.6) is 0 Å². The number of nitriles is 1. The van der Waals surface area contributed by atoms with Gasteiger partial charge in [0, 0.05) is 43.6 Å². The molecule has 10 nitrogen and oxygen atoms in total. The molecule has 3 heterocycles. The van der Waals surface area contributed by atoms with Gasteiger partial charge in [-0.15, -0.1) is 0 Å². The molecular formula is C20H24N6O4. The third-order valence-electron chi connectivity index (χ3n) is 5.99. The van der Waals surface area contributed by atoms with Gasteiger partial charge in [0.1, 0.15) is 5.60 Å². The average molecular weight is 412 g/mol.